The van der Waals surface area contributed by atoms with E-state index in [2.05, 4.69) is 0 Å². The highest BCUT2D eigenvalue weighted by atomic mass is 16.5. The fraction of sp³-hybridized carbons (Fsp3) is 0.833. The molecule has 0 aliphatic heterocycles. The summed E-state index contributed by atoms with van der Waals surface area (Å²) < 4.78 is 9.98. The van der Waals surface area contributed by atoms with Gasteiger partial charge in [-0.15, -0.1) is 0 Å². The van der Waals surface area contributed by atoms with E-state index >= 15 is 0 Å². The zero-order valence-electron chi connectivity index (χ0n) is 10.5. The van der Waals surface area contributed by atoms with Crippen molar-refractivity contribution in [3.8, 4) is 0 Å². The van der Waals surface area contributed by atoms with E-state index in [9.17, 15) is 9.59 Å². The molecular weight excluding hydrogens is 208 g/mol. The van der Waals surface area contributed by atoms with E-state index in [1.165, 1.54) is 0 Å². The molecule has 0 aromatic heterocycles. The van der Waals surface area contributed by atoms with Gasteiger partial charge in [-0.1, -0.05) is 13.3 Å². The Morgan fingerprint density at radius 3 is 2.31 bits per heavy atom. The molecule has 0 rings (SSSR count). The molecule has 0 saturated carbocycles. The van der Waals surface area contributed by atoms with Crippen LogP contribution in [-0.2, 0) is 19.1 Å². The number of Topliss-reactive ketones (excluding diaryl/α,β-unsaturated/α-hetero) is 1. The summed E-state index contributed by atoms with van der Waals surface area (Å²) in [5.41, 5.74) is 0. The summed E-state index contributed by atoms with van der Waals surface area (Å²) in [5, 5.41) is 0. The van der Waals surface area contributed by atoms with Gasteiger partial charge >= 0.3 is 5.97 Å². The van der Waals surface area contributed by atoms with Gasteiger partial charge in [0.2, 0.25) is 0 Å². The van der Waals surface area contributed by atoms with E-state index < -0.39 is 11.9 Å². The van der Waals surface area contributed by atoms with Crippen LogP contribution in [0.25, 0.3) is 0 Å². The number of ketones is 1. The fourth-order valence-electron chi connectivity index (χ4n) is 1.43. The molecule has 0 N–H and O–H groups in total. The van der Waals surface area contributed by atoms with Crippen LogP contribution in [-0.4, -0.2) is 31.6 Å². The molecule has 16 heavy (non-hydrogen) atoms. The quantitative estimate of drug-likeness (QED) is 0.345. The first-order valence-corrected chi connectivity index (χ1v) is 5.94. The van der Waals surface area contributed by atoms with E-state index in [0.717, 1.165) is 6.42 Å². The summed E-state index contributed by atoms with van der Waals surface area (Å²) in [5.74, 6) is -1.08. The summed E-state index contributed by atoms with van der Waals surface area (Å²) in [6.07, 6.45) is 1.64. The number of hydrogen-bond acceptors (Lipinski definition) is 4. The lowest BCUT2D eigenvalue weighted by molar-refractivity contribution is -0.152. The number of ether oxygens (including phenoxy) is 2. The Morgan fingerprint density at radius 1 is 1.12 bits per heavy atom. The van der Waals surface area contributed by atoms with Gasteiger partial charge in [0.1, 0.15) is 11.7 Å². The molecule has 4 nitrogen and oxygen atoms in total. The molecule has 0 aliphatic rings. The van der Waals surface area contributed by atoms with Crippen molar-refractivity contribution in [1.82, 2.24) is 0 Å². The number of carbonyl (C=O) groups is 2. The average molecular weight is 230 g/mol. The normalized spacial score (nSPS) is 12.2. The van der Waals surface area contributed by atoms with Crippen molar-refractivity contribution >= 4 is 11.8 Å². The highest BCUT2D eigenvalue weighted by Gasteiger charge is 2.26. The molecule has 0 saturated heterocycles. The van der Waals surface area contributed by atoms with Crippen LogP contribution in [0, 0.1) is 5.92 Å². The Bertz CT molecular complexity index is 213. The second-order valence-electron chi connectivity index (χ2n) is 3.51. The molecule has 0 aliphatic carbocycles. The lowest BCUT2D eigenvalue weighted by Crippen LogP contribution is -2.27. The molecule has 1 unspecified atom stereocenters. The van der Waals surface area contributed by atoms with E-state index in [1.54, 1.807) is 6.92 Å². The van der Waals surface area contributed by atoms with Gasteiger partial charge < -0.3 is 9.47 Å². The summed E-state index contributed by atoms with van der Waals surface area (Å²) in [7, 11) is 0. The first-order valence-electron chi connectivity index (χ1n) is 5.94. The monoisotopic (exact) mass is 230 g/mol. The van der Waals surface area contributed by atoms with E-state index in [4.69, 9.17) is 9.47 Å². The summed E-state index contributed by atoms with van der Waals surface area (Å²) in [6, 6.07) is 0. The van der Waals surface area contributed by atoms with Crippen molar-refractivity contribution in [1.29, 1.82) is 0 Å². The van der Waals surface area contributed by atoms with Gasteiger partial charge in [0.05, 0.1) is 13.2 Å². The molecule has 0 radical (unpaired) electrons. The highest BCUT2D eigenvalue weighted by molar-refractivity contribution is 5.98. The Balaban J connectivity index is 4.17. The van der Waals surface area contributed by atoms with Crippen molar-refractivity contribution in [2.75, 3.05) is 19.8 Å². The zero-order valence-corrected chi connectivity index (χ0v) is 10.5. The SMILES string of the molecule is CCCC(C(=O)CCOCC)C(=O)OCC. The fourth-order valence-corrected chi connectivity index (χ4v) is 1.43. The minimum atomic E-state index is -0.606. The number of esters is 1. The third-order valence-corrected chi connectivity index (χ3v) is 2.23. The van der Waals surface area contributed by atoms with Crippen molar-refractivity contribution in [2.24, 2.45) is 5.92 Å². The summed E-state index contributed by atoms with van der Waals surface area (Å²) in [6.45, 7) is 6.85. The van der Waals surface area contributed by atoms with Crippen molar-refractivity contribution in [2.45, 2.75) is 40.0 Å². The molecule has 4 heteroatoms. The van der Waals surface area contributed by atoms with Crippen LogP contribution in [0.2, 0.25) is 0 Å². The molecule has 0 bridgehead atoms. The third kappa shape index (κ3) is 5.85. The molecule has 0 amide bonds. The minimum absolute atomic E-state index is 0.0752. The molecule has 0 spiro atoms. The van der Waals surface area contributed by atoms with Gasteiger partial charge in [0.15, 0.2) is 0 Å². The smallest absolute Gasteiger partial charge is 0.316 e. The maximum absolute atomic E-state index is 11.7. The van der Waals surface area contributed by atoms with Crippen molar-refractivity contribution < 1.29 is 19.1 Å². The Kier molecular flexibility index (Phi) is 8.81. The lowest BCUT2D eigenvalue weighted by Gasteiger charge is -2.13. The van der Waals surface area contributed by atoms with Crippen LogP contribution in [0.5, 0.6) is 0 Å². The predicted octanol–water partition coefficient (Wildman–Crippen LogP) is 1.96. The van der Waals surface area contributed by atoms with Crippen molar-refractivity contribution in [3.63, 3.8) is 0 Å². The zero-order chi connectivity index (χ0) is 12.4. The minimum Gasteiger partial charge on any atom is -0.465 e. The highest BCUT2D eigenvalue weighted by Crippen LogP contribution is 2.12. The van der Waals surface area contributed by atoms with Crippen LogP contribution in [0.4, 0.5) is 0 Å². The van der Waals surface area contributed by atoms with Crippen LogP contribution in [0.15, 0.2) is 0 Å². The maximum Gasteiger partial charge on any atom is 0.316 e. The number of carbonyl (C=O) groups excluding carboxylic acids is 2. The van der Waals surface area contributed by atoms with Gasteiger partial charge in [-0.05, 0) is 20.3 Å². The molecule has 0 aromatic carbocycles. The first-order chi connectivity index (χ1) is 7.67. The van der Waals surface area contributed by atoms with Crippen molar-refractivity contribution in [3.05, 3.63) is 0 Å². The van der Waals surface area contributed by atoms with Crippen LogP contribution >= 0.6 is 0 Å². The Labute approximate surface area is 97.3 Å². The predicted molar refractivity (Wildman–Crippen MR) is 61.1 cm³/mol. The standard InChI is InChI=1S/C12H22O4/c1-4-7-10(12(14)16-6-3)11(13)8-9-15-5-2/h10H,4-9H2,1-3H3. The average Bonchev–Trinajstić information content (AvgIpc) is 2.26. The molecular formula is C12H22O4. The second-order valence-corrected chi connectivity index (χ2v) is 3.51. The van der Waals surface area contributed by atoms with Gasteiger partial charge in [-0.3, -0.25) is 9.59 Å². The van der Waals surface area contributed by atoms with Crippen LogP contribution in [0.1, 0.15) is 40.0 Å². The van der Waals surface area contributed by atoms with E-state index in [-0.39, 0.29) is 12.2 Å². The third-order valence-electron chi connectivity index (χ3n) is 2.23. The van der Waals surface area contributed by atoms with E-state index in [0.29, 0.717) is 26.2 Å². The Hall–Kier alpha value is -0.900. The molecule has 94 valence electrons. The summed E-state index contributed by atoms with van der Waals surface area (Å²) in [4.78, 5) is 23.3. The van der Waals surface area contributed by atoms with Gasteiger partial charge in [-0.25, -0.2) is 0 Å². The Morgan fingerprint density at radius 2 is 1.81 bits per heavy atom. The maximum atomic E-state index is 11.7. The number of hydrogen-bond donors (Lipinski definition) is 0. The van der Waals surface area contributed by atoms with Crippen LogP contribution < -0.4 is 0 Å². The topological polar surface area (TPSA) is 52.6 Å². The molecule has 0 fully saturated rings. The van der Waals surface area contributed by atoms with Gasteiger partial charge in [-0.2, -0.15) is 0 Å². The van der Waals surface area contributed by atoms with Gasteiger partial charge in [0, 0.05) is 13.0 Å². The summed E-state index contributed by atoms with van der Waals surface area (Å²) >= 11 is 0. The van der Waals surface area contributed by atoms with Crippen LogP contribution in [0.3, 0.4) is 0 Å². The molecule has 1 atom stereocenters. The first kappa shape index (κ1) is 15.1. The lowest BCUT2D eigenvalue weighted by atomic mass is 9.97. The molecule has 0 heterocycles. The second kappa shape index (κ2) is 9.33. The van der Waals surface area contributed by atoms with E-state index in [1.807, 2.05) is 13.8 Å². The van der Waals surface area contributed by atoms with Gasteiger partial charge in [0.25, 0.3) is 0 Å². The number of rotatable bonds is 9. The molecule has 0 aromatic rings. The largest absolute Gasteiger partial charge is 0.465 e.